The fourth-order valence-electron chi connectivity index (χ4n) is 2.59. The molecule has 92 valence electrons. The molecule has 16 heavy (non-hydrogen) atoms. The van der Waals surface area contributed by atoms with Crippen LogP contribution in [0, 0.1) is 0 Å². The van der Waals surface area contributed by atoms with Gasteiger partial charge in [-0.2, -0.15) is 0 Å². The highest BCUT2D eigenvalue weighted by Gasteiger charge is 2.40. The molecule has 0 aromatic heterocycles. The first-order valence-electron chi connectivity index (χ1n) is 5.81. The fourth-order valence-corrected chi connectivity index (χ4v) is 2.59. The van der Waals surface area contributed by atoms with E-state index in [1.807, 2.05) is 4.90 Å². The molecule has 2 aliphatic heterocycles. The number of esters is 1. The van der Waals surface area contributed by atoms with Crippen LogP contribution in [0.2, 0.25) is 0 Å². The van der Waals surface area contributed by atoms with Crippen molar-refractivity contribution in [2.45, 2.75) is 37.5 Å². The Kier molecular flexibility index (Phi) is 3.78. The molecule has 2 fully saturated rings. The van der Waals surface area contributed by atoms with E-state index in [0.29, 0.717) is 19.6 Å². The first-order valence-corrected chi connectivity index (χ1v) is 5.81. The highest BCUT2D eigenvalue weighted by molar-refractivity contribution is 5.76. The topological polar surface area (TPSA) is 59.0 Å². The molecule has 3 unspecified atom stereocenters. The lowest BCUT2D eigenvalue weighted by Crippen LogP contribution is -2.47. The minimum Gasteiger partial charge on any atom is -0.468 e. The molecular formula is C11H19NO4. The maximum Gasteiger partial charge on any atom is 0.323 e. The molecule has 2 aliphatic rings. The molecule has 5 nitrogen and oxygen atoms in total. The molecule has 2 rings (SSSR count). The molecule has 0 bridgehead atoms. The van der Waals surface area contributed by atoms with Crippen LogP contribution >= 0.6 is 0 Å². The number of aliphatic hydroxyl groups is 1. The van der Waals surface area contributed by atoms with Crippen molar-refractivity contribution in [3.05, 3.63) is 0 Å². The molecule has 3 atom stereocenters. The number of ether oxygens (including phenoxy) is 2. The Balaban J connectivity index is 2.02. The van der Waals surface area contributed by atoms with Crippen LogP contribution in [0.3, 0.4) is 0 Å². The van der Waals surface area contributed by atoms with Crippen molar-refractivity contribution in [1.29, 1.82) is 0 Å². The van der Waals surface area contributed by atoms with E-state index in [0.717, 1.165) is 19.4 Å². The normalized spacial score (nSPS) is 36.2. The van der Waals surface area contributed by atoms with Crippen molar-refractivity contribution in [3.8, 4) is 0 Å². The zero-order valence-electron chi connectivity index (χ0n) is 9.59. The lowest BCUT2D eigenvalue weighted by atomic mass is 10.1. The molecule has 0 aromatic rings. The SMILES string of the molecule is COC(=O)C1CC(O)CN1C1CCCOC1. The van der Waals surface area contributed by atoms with Gasteiger partial charge in [-0.15, -0.1) is 0 Å². The van der Waals surface area contributed by atoms with Gasteiger partial charge in [0.25, 0.3) is 0 Å². The average molecular weight is 229 g/mol. The summed E-state index contributed by atoms with van der Waals surface area (Å²) in [4.78, 5) is 13.6. The zero-order chi connectivity index (χ0) is 11.5. The number of carbonyl (C=O) groups excluding carboxylic acids is 1. The van der Waals surface area contributed by atoms with Crippen LogP contribution < -0.4 is 0 Å². The fraction of sp³-hybridized carbons (Fsp3) is 0.909. The van der Waals surface area contributed by atoms with E-state index in [-0.39, 0.29) is 18.1 Å². The third-order valence-electron chi connectivity index (χ3n) is 3.40. The van der Waals surface area contributed by atoms with Crippen LogP contribution in [-0.4, -0.2) is 61.0 Å². The van der Waals surface area contributed by atoms with Gasteiger partial charge >= 0.3 is 5.97 Å². The number of rotatable bonds is 2. The number of nitrogens with zero attached hydrogens (tertiary/aromatic N) is 1. The van der Waals surface area contributed by atoms with E-state index in [1.165, 1.54) is 7.11 Å². The molecular weight excluding hydrogens is 210 g/mol. The number of hydrogen-bond donors (Lipinski definition) is 1. The van der Waals surface area contributed by atoms with Crippen molar-refractivity contribution in [1.82, 2.24) is 4.90 Å². The van der Waals surface area contributed by atoms with Gasteiger partial charge in [0.15, 0.2) is 0 Å². The quantitative estimate of drug-likeness (QED) is 0.663. The summed E-state index contributed by atoms with van der Waals surface area (Å²) >= 11 is 0. The first kappa shape index (κ1) is 11.8. The molecule has 5 heteroatoms. The van der Waals surface area contributed by atoms with Crippen LogP contribution in [0.25, 0.3) is 0 Å². The highest BCUT2D eigenvalue weighted by Crippen LogP contribution is 2.25. The Hall–Kier alpha value is -0.650. The second kappa shape index (κ2) is 5.12. The Labute approximate surface area is 95.3 Å². The van der Waals surface area contributed by atoms with E-state index in [4.69, 9.17) is 9.47 Å². The summed E-state index contributed by atoms with van der Waals surface area (Å²) in [6.07, 6.45) is 2.10. The second-order valence-electron chi connectivity index (χ2n) is 4.50. The molecule has 0 radical (unpaired) electrons. The second-order valence-corrected chi connectivity index (χ2v) is 4.50. The number of β-amino-alcohol motifs (C(OH)–C–C–N with tert-alkyl or cyclic N) is 1. The molecule has 1 N–H and O–H groups in total. The Morgan fingerprint density at radius 1 is 1.56 bits per heavy atom. The lowest BCUT2D eigenvalue weighted by Gasteiger charge is -2.33. The maximum atomic E-state index is 11.6. The van der Waals surface area contributed by atoms with Gasteiger partial charge in [0.1, 0.15) is 6.04 Å². The monoisotopic (exact) mass is 229 g/mol. The third kappa shape index (κ3) is 2.36. The number of hydrogen-bond acceptors (Lipinski definition) is 5. The predicted octanol–water partition coefficient (Wildman–Crippen LogP) is -0.226. The lowest BCUT2D eigenvalue weighted by molar-refractivity contribution is -0.147. The largest absolute Gasteiger partial charge is 0.468 e. The molecule has 2 heterocycles. The minimum absolute atomic E-state index is 0.245. The molecule has 0 spiro atoms. The summed E-state index contributed by atoms with van der Waals surface area (Å²) in [6, 6.07) is -0.0540. The van der Waals surface area contributed by atoms with Gasteiger partial charge in [-0.3, -0.25) is 9.69 Å². The smallest absolute Gasteiger partial charge is 0.323 e. The van der Waals surface area contributed by atoms with Gasteiger partial charge in [0, 0.05) is 25.6 Å². The van der Waals surface area contributed by atoms with Gasteiger partial charge in [0.05, 0.1) is 19.8 Å². The van der Waals surface area contributed by atoms with E-state index < -0.39 is 6.10 Å². The molecule has 2 saturated heterocycles. The maximum absolute atomic E-state index is 11.6. The van der Waals surface area contributed by atoms with Crippen LogP contribution in [-0.2, 0) is 14.3 Å². The minimum atomic E-state index is -0.425. The summed E-state index contributed by atoms with van der Waals surface area (Å²) in [5.74, 6) is -0.248. The summed E-state index contributed by atoms with van der Waals surface area (Å²) < 4.78 is 10.2. The van der Waals surface area contributed by atoms with Gasteiger partial charge in [-0.1, -0.05) is 0 Å². The van der Waals surface area contributed by atoms with E-state index in [1.54, 1.807) is 0 Å². The number of aliphatic hydroxyl groups excluding tert-OH is 1. The van der Waals surface area contributed by atoms with Crippen molar-refractivity contribution in [3.63, 3.8) is 0 Å². The standard InChI is InChI=1S/C11H19NO4/c1-15-11(14)10-5-9(13)6-12(10)8-3-2-4-16-7-8/h8-10,13H,2-7H2,1H3. The van der Waals surface area contributed by atoms with Crippen LogP contribution in [0.1, 0.15) is 19.3 Å². The molecule has 0 aromatic carbocycles. The third-order valence-corrected chi connectivity index (χ3v) is 3.40. The highest BCUT2D eigenvalue weighted by atomic mass is 16.5. The van der Waals surface area contributed by atoms with E-state index >= 15 is 0 Å². The molecule has 0 aliphatic carbocycles. The van der Waals surface area contributed by atoms with Gasteiger partial charge in [0.2, 0.25) is 0 Å². The van der Waals surface area contributed by atoms with Crippen LogP contribution in [0.15, 0.2) is 0 Å². The number of likely N-dealkylation sites (tertiary alicyclic amines) is 1. The number of methoxy groups -OCH3 is 1. The summed E-state index contributed by atoms with van der Waals surface area (Å²) in [5.41, 5.74) is 0. The average Bonchev–Trinajstić information content (AvgIpc) is 2.71. The Bertz CT molecular complexity index is 252. The molecule has 0 saturated carbocycles. The van der Waals surface area contributed by atoms with Crippen LogP contribution in [0.4, 0.5) is 0 Å². The first-order chi connectivity index (χ1) is 7.72. The van der Waals surface area contributed by atoms with Gasteiger partial charge in [-0.05, 0) is 12.8 Å². The van der Waals surface area contributed by atoms with E-state index in [2.05, 4.69) is 0 Å². The Morgan fingerprint density at radius 2 is 2.38 bits per heavy atom. The van der Waals surface area contributed by atoms with Crippen molar-refractivity contribution in [2.75, 3.05) is 26.9 Å². The van der Waals surface area contributed by atoms with E-state index in [9.17, 15) is 9.90 Å². The number of carbonyl (C=O) groups is 1. The van der Waals surface area contributed by atoms with Gasteiger partial charge in [-0.25, -0.2) is 0 Å². The van der Waals surface area contributed by atoms with Crippen molar-refractivity contribution < 1.29 is 19.4 Å². The van der Waals surface area contributed by atoms with Gasteiger partial charge < -0.3 is 14.6 Å². The van der Waals surface area contributed by atoms with Crippen molar-refractivity contribution in [2.24, 2.45) is 0 Å². The Morgan fingerprint density at radius 3 is 3.00 bits per heavy atom. The van der Waals surface area contributed by atoms with Crippen LogP contribution in [0.5, 0.6) is 0 Å². The summed E-state index contributed by atoms with van der Waals surface area (Å²) in [7, 11) is 1.39. The summed E-state index contributed by atoms with van der Waals surface area (Å²) in [5, 5.41) is 9.65. The predicted molar refractivity (Wildman–Crippen MR) is 57.0 cm³/mol. The summed E-state index contributed by atoms with van der Waals surface area (Å²) in [6.45, 7) is 2.00. The van der Waals surface area contributed by atoms with Crippen molar-refractivity contribution >= 4 is 5.97 Å². The molecule has 0 amide bonds. The zero-order valence-corrected chi connectivity index (χ0v) is 9.59.